The van der Waals surface area contributed by atoms with Crippen molar-refractivity contribution >= 4 is 12.6 Å². The smallest absolute Gasteiger partial charge is 0.488 e. The number of ether oxygens (including phenoxy) is 2. The average molecular weight is 240 g/mol. The third-order valence-electron chi connectivity index (χ3n) is 2.55. The maximum atomic E-state index is 9.17. The first-order chi connectivity index (χ1) is 8.02. The molecule has 5 heteroatoms. The van der Waals surface area contributed by atoms with Crippen molar-refractivity contribution in [2.45, 2.75) is 27.7 Å². The van der Waals surface area contributed by atoms with Crippen LogP contribution in [0.5, 0.6) is 11.5 Å². The minimum absolute atomic E-state index is 0.435. The quantitative estimate of drug-likeness (QED) is 0.774. The monoisotopic (exact) mass is 240 g/mol. The second-order valence-corrected chi connectivity index (χ2v) is 3.32. The summed E-state index contributed by atoms with van der Waals surface area (Å²) in [5, 5.41) is 18.3. The highest BCUT2D eigenvalue weighted by atomic mass is 16.5. The highest BCUT2D eigenvalue weighted by molar-refractivity contribution is 6.59. The molecule has 0 aromatic heterocycles. The fraction of sp³-hybridized carbons (Fsp3) is 0.500. The lowest BCUT2D eigenvalue weighted by Crippen LogP contribution is -2.32. The molecule has 0 radical (unpaired) electrons. The Labute approximate surface area is 103 Å². The molecule has 1 aromatic rings. The zero-order chi connectivity index (χ0) is 13.6. The van der Waals surface area contributed by atoms with Crippen LogP contribution < -0.4 is 14.9 Å². The van der Waals surface area contributed by atoms with E-state index < -0.39 is 7.12 Å². The van der Waals surface area contributed by atoms with Crippen LogP contribution in [-0.4, -0.2) is 31.4 Å². The van der Waals surface area contributed by atoms with Crippen molar-refractivity contribution in [3.63, 3.8) is 0 Å². The summed E-state index contributed by atoms with van der Waals surface area (Å²) < 4.78 is 10.3. The number of benzene rings is 1. The van der Waals surface area contributed by atoms with Crippen molar-refractivity contribution in [2.24, 2.45) is 0 Å². The Morgan fingerprint density at radius 3 is 1.88 bits per heavy atom. The molecule has 0 unspecified atom stereocenters. The van der Waals surface area contributed by atoms with Crippen LogP contribution in [0, 0.1) is 13.8 Å². The van der Waals surface area contributed by atoms with E-state index in [4.69, 9.17) is 9.47 Å². The summed E-state index contributed by atoms with van der Waals surface area (Å²) >= 11 is 0. The molecule has 0 saturated carbocycles. The van der Waals surface area contributed by atoms with Gasteiger partial charge in [0.25, 0.3) is 0 Å². The molecule has 0 fully saturated rings. The first kappa shape index (κ1) is 15.8. The van der Waals surface area contributed by atoms with Gasteiger partial charge in [-0.25, -0.2) is 0 Å². The van der Waals surface area contributed by atoms with Gasteiger partial charge in [0, 0.05) is 0 Å². The zero-order valence-corrected chi connectivity index (χ0v) is 11.4. The highest BCUT2D eigenvalue weighted by Gasteiger charge is 2.20. The molecule has 0 aliphatic rings. The molecule has 1 aromatic carbocycles. The van der Waals surface area contributed by atoms with Gasteiger partial charge < -0.3 is 19.5 Å². The summed E-state index contributed by atoms with van der Waals surface area (Å²) in [5.41, 5.74) is 2.08. The summed E-state index contributed by atoms with van der Waals surface area (Å²) in [6.45, 7) is 7.66. The number of hydrogen-bond donors (Lipinski definition) is 2. The van der Waals surface area contributed by atoms with Crippen LogP contribution in [0.15, 0.2) is 6.07 Å². The lowest BCUT2D eigenvalue weighted by Gasteiger charge is -2.16. The van der Waals surface area contributed by atoms with Crippen molar-refractivity contribution in [3.8, 4) is 11.5 Å². The molecule has 2 N–H and O–H groups in total. The molecule has 0 bridgehead atoms. The Morgan fingerprint density at radius 1 is 1.00 bits per heavy atom. The van der Waals surface area contributed by atoms with E-state index in [-0.39, 0.29) is 0 Å². The maximum absolute atomic E-state index is 9.17. The molecule has 0 saturated heterocycles. The van der Waals surface area contributed by atoms with Crippen LogP contribution in [-0.2, 0) is 0 Å². The Bertz CT molecular complexity index is 364. The normalized spacial score (nSPS) is 9.18. The minimum Gasteiger partial charge on any atom is -0.493 e. The van der Waals surface area contributed by atoms with Crippen LogP contribution in [0.4, 0.5) is 0 Å². The predicted octanol–water partition coefficient (Wildman–Crippen LogP) is 1.03. The predicted molar refractivity (Wildman–Crippen MR) is 70.2 cm³/mol. The number of methoxy groups -OCH3 is 2. The van der Waals surface area contributed by atoms with Gasteiger partial charge in [-0.3, -0.25) is 0 Å². The first-order valence-electron chi connectivity index (χ1n) is 5.61. The maximum Gasteiger partial charge on any atom is 0.488 e. The molecule has 4 nitrogen and oxygen atoms in total. The highest BCUT2D eigenvalue weighted by Crippen LogP contribution is 2.31. The SMILES string of the molecule is CC.COc1cc(B(O)O)c(C)c(C)c1OC. The van der Waals surface area contributed by atoms with Gasteiger partial charge in [-0.15, -0.1) is 0 Å². The molecular formula is C12H21BO4. The first-order valence-corrected chi connectivity index (χ1v) is 5.61. The van der Waals surface area contributed by atoms with Crippen molar-refractivity contribution in [1.82, 2.24) is 0 Å². The van der Waals surface area contributed by atoms with Gasteiger partial charge in [0.15, 0.2) is 11.5 Å². The molecule has 0 spiro atoms. The Kier molecular flexibility index (Phi) is 6.69. The van der Waals surface area contributed by atoms with Gasteiger partial charge in [-0.2, -0.15) is 0 Å². The summed E-state index contributed by atoms with van der Waals surface area (Å²) in [5.74, 6) is 1.13. The third-order valence-corrected chi connectivity index (χ3v) is 2.55. The topological polar surface area (TPSA) is 58.9 Å². The molecular weight excluding hydrogens is 219 g/mol. The standard InChI is InChI=1S/C10H15BO4.C2H6/c1-6-7(2)10(15-4)9(14-3)5-8(6)11(12)13;1-2/h5,12-13H,1-4H3;1-2H3. The van der Waals surface area contributed by atoms with Crippen molar-refractivity contribution in [1.29, 1.82) is 0 Å². The fourth-order valence-corrected chi connectivity index (χ4v) is 1.56. The molecule has 17 heavy (non-hydrogen) atoms. The van der Waals surface area contributed by atoms with Gasteiger partial charge in [-0.1, -0.05) is 13.8 Å². The molecule has 96 valence electrons. The lowest BCUT2D eigenvalue weighted by atomic mass is 9.76. The fourth-order valence-electron chi connectivity index (χ4n) is 1.56. The van der Waals surface area contributed by atoms with Gasteiger partial charge in [0.05, 0.1) is 14.2 Å². The summed E-state index contributed by atoms with van der Waals surface area (Å²) in [7, 11) is 1.57. The van der Waals surface area contributed by atoms with Crippen LogP contribution in [0.25, 0.3) is 0 Å². The van der Waals surface area contributed by atoms with Gasteiger partial charge in [0.2, 0.25) is 0 Å². The Morgan fingerprint density at radius 2 is 1.53 bits per heavy atom. The van der Waals surface area contributed by atoms with Gasteiger partial charge in [0.1, 0.15) is 0 Å². The molecule has 0 heterocycles. The molecule has 0 atom stereocenters. The van der Waals surface area contributed by atoms with E-state index in [0.29, 0.717) is 17.0 Å². The molecule has 0 amide bonds. The van der Waals surface area contributed by atoms with Crippen molar-refractivity contribution in [3.05, 3.63) is 17.2 Å². The second kappa shape index (κ2) is 7.19. The summed E-state index contributed by atoms with van der Waals surface area (Å²) in [6.07, 6.45) is 0. The summed E-state index contributed by atoms with van der Waals surface area (Å²) in [6, 6.07) is 1.58. The molecule has 0 aliphatic heterocycles. The molecule has 1 rings (SSSR count). The number of rotatable bonds is 3. The third kappa shape index (κ3) is 3.38. The minimum atomic E-state index is -1.50. The van der Waals surface area contributed by atoms with E-state index in [2.05, 4.69) is 0 Å². The Hall–Kier alpha value is -1.20. The largest absolute Gasteiger partial charge is 0.493 e. The van der Waals surface area contributed by atoms with Crippen molar-refractivity contribution < 1.29 is 19.5 Å². The van der Waals surface area contributed by atoms with E-state index >= 15 is 0 Å². The van der Waals surface area contributed by atoms with E-state index in [9.17, 15) is 10.0 Å². The van der Waals surface area contributed by atoms with Gasteiger partial charge in [-0.05, 0) is 36.5 Å². The van der Waals surface area contributed by atoms with Crippen molar-refractivity contribution in [2.75, 3.05) is 14.2 Å². The van der Waals surface area contributed by atoms with E-state index in [1.54, 1.807) is 13.2 Å². The zero-order valence-electron chi connectivity index (χ0n) is 11.4. The number of hydrogen-bond acceptors (Lipinski definition) is 4. The van der Waals surface area contributed by atoms with Gasteiger partial charge >= 0.3 is 7.12 Å². The summed E-state index contributed by atoms with van der Waals surface area (Å²) in [4.78, 5) is 0. The Balaban J connectivity index is 0.00000121. The molecule has 0 aliphatic carbocycles. The van der Waals surface area contributed by atoms with Crippen LogP contribution in [0.3, 0.4) is 0 Å². The lowest BCUT2D eigenvalue weighted by molar-refractivity contribution is 0.352. The van der Waals surface area contributed by atoms with E-state index in [0.717, 1.165) is 11.1 Å². The second-order valence-electron chi connectivity index (χ2n) is 3.32. The average Bonchev–Trinajstić information content (AvgIpc) is 2.34. The van der Waals surface area contributed by atoms with Crippen LogP contribution >= 0.6 is 0 Å². The van der Waals surface area contributed by atoms with Crippen LogP contribution in [0.1, 0.15) is 25.0 Å². The van der Waals surface area contributed by atoms with E-state index in [1.807, 2.05) is 27.7 Å². The van der Waals surface area contributed by atoms with Crippen LogP contribution in [0.2, 0.25) is 0 Å². The van der Waals surface area contributed by atoms with E-state index in [1.165, 1.54) is 7.11 Å².